The summed E-state index contributed by atoms with van der Waals surface area (Å²) in [5.74, 6) is -1.21. The van der Waals surface area contributed by atoms with E-state index in [1.807, 2.05) is 0 Å². The zero-order valence-corrected chi connectivity index (χ0v) is 10.2. The first-order chi connectivity index (χ1) is 9.08. The van der Waals surface area contributed by atoms with Crippen molar-refractivity contribution in [2.24, 2.45) is 0 Å². The van der Waals surface area contributed by atoms with Crippen molar-refractivity contribution in [1.29, 1.82) is 5.41 Å². The van der Waals surface area contributed by atoms with E-state index >= 15 is 0 Å². The molecule has 1 unspecified atom stereocenters. The lowest BCUT2D eigenvalue weighted by molar-refractivity contribution is -0.384. The van der Waals surface area contributed by atoms with E-state index in [1.54, 1.807) is 0 Å². The minimum Gasteiger partial charge on any atom is -0.360 e. The molecule has 2 N–H and O–H groups in total. The molecule has 1 aromatic rings. The summed E-state index contributed by atoms with van der Waals surface area (Å²) < 4.78 is 18.6. The summed E-state index contributed by atoms with van der Waals surface area (Å²) in [6.07, 6.45) is 2.54. The van der Waals surface area contributed by atoms with Gasteiger partial charge in [-0.2, -0.15) is 4.39 Å². The van der Waals surface area contributed by atoms with Crippen molar-refractivity contribution >= 4 is 17.3 Å². The summed E-state index contributed by atoms with van der Waals surface area (Å²) in [7, 11) is 0. The van der Waals surface area contributed by atoms with Crippen LogP contribution in [0.5, 0.6) is 0 Å². The molecular formula is C12H14FN3O3. The molecule has 1 aromatic carbocycles. The number of non-ortho nitro benzene ring substituents is 1. The van der Waals surface area contributed by atoms with Gasteiger partial charge in [-0.05, 0) is 25.3 Å². The van der Waals surface area contributed by atoms with Gasteiger partial charge in [-0.15, -0.1) is 0 Å². The van der Waals surface area contributed by atoms with Crippen LogP contribution in [0.4, 0.5) is 15.8 Å². The van der Waals surface area contributed by atoms with Gasteiger partial charge in [-0.3, -0.25) is 15.5 Å². The van der Waals surface area contributed by atoms with Crippen LogP contribution in [0.3, 0.4) is 0 Å². The number of nitrogens with zero attached hydrogens (tertiary/aromatic N) is 1. The lowest BCUT2D eigenvalue weighted by atomic mass is 10.1. The number of benzene rings is 1. The third-order valence-corrected chi connectivity index (χ3v) is 2.95. The third-order valence-electron chi connectivity index (χ3n) is 2.95. The van der Waals surface area contributed by atoms with Gasteiger partial charge in [0.2, 0.25) is 5.97 Å². The predicted molar refractivity (Wildman–Crippen MR) is 68.2 cm³/mol. The summed E-state index contributed by atoms with van der Waals surface area (Å²) in [5, 5.41) is 20.7. The van der Waals surface area contributed by atoms with E-state index in [1.165, 1.54) is 12.1 Å². The lowest BCUT2D eigenvalue weighted by Crippen LogP contribution is -2.27. The highest BCUT2D eigenvalue weighted by atomic mass is 19.1. The summed E-state index contributed by atoms with van der Waals surface area (Å²) in [4.78, 5) is 10.0. The first kappa shape index (κ1) is 13.4. The standard InChI is InChI=1S/C12H14FN3O3/c13-12(14)9-7-8(16(17)18)4-5-10(9)15-11-3-1-2-6-19-11/h4-5,7,11,14-15H,1-3,6H2. The van der Waals surface area contributed by atoms with Gasteiger partial charge >= 0.3 is 0 Å². The van der Waals surface area contributed by atoms with Crippen molar-refractivity contribution in [1.82, 2.24) is 0 Å². The van der Waals surface area contributed by atoms with Crippen LogP contribution in [-0.4, -0.2) is 23.7 Å². The molecule has 102 valence electrons. The lowest BCUT2D eigenvalue weighted by Gasteiger charge is -2.25. The number of nitro groups is 1. The van der Waals surface area contributed by atoms with Gasteiger partial charge in [0.05, 0.1) is 10.5 Å². The van der Waals surface area contributed by atoms with Crippen molar-refractivity contribution < 1.29 is 14.1 Å². The van der Waals surface area contributed by atoms with E-state index in [2.05, 4.69) is 5.32 Å². The van der Waals surface area contributed by atoms with Crippen molar-refractivity contribution in [2.75, 3.05) is 11.9 Å². The Morgan fingerprint density at radius 1 is 1.53 bits per heavy atom. The van der Waals surface area contributed by atoms with Crippen LogP contribution in [0, 0.1) is 15.5 Å². The van der Waals surface area contributed by atoms with Gasteiger partial charge < -0.3 is 10.1 Å². The van der Waals surface area contributed by atoms with Gasteiger partial charge in [-0.25, -0.2) is 0 Å². The van der Waals surface area contributed by atoms with Crippen molar-refractivity contribution in [3.05, 3.63) is 33.9 Å². The Morgan fingerprint density at radius 3 is 2.89 bits per heavy atom. The Balaban J connectivity index is 2.23. The highest BCUT2D eigenvalue weighted by Crippen LogP contribution is 2.25. The molecule has 1 saturated heterocycles. The largest absolute Gasteiger partial charge is 0.360 e. The van der Waals surface area contributed by atoms with E-state index in [4.69, 9.17) is 10.1 Å². The average Bonchev–Trinajstić information content (AvgIpc) is 2.39. The number of nitro benzene ring substituents is 1. The molecular weight excluding hydrogens is 253 g/mol. The minimum absolute atomic E-state index is 0.122. The van der Waals surface area contributed by atoms with Crippen LogP contribution in [0.1, 0.15) is 24.8 Å². The fourth-order valence-corrected chi connectivity index (χ4v) is 1.98. The van der Waals surface area contributed by atoms with Crippen LogP contribution < -0.4 is 5.32 Å². The van der Waals surface area contributed by atoms with Crippen molar-refractivity contribution in [3.8, 4) is 0 Å². The van der Waals surface area contributed by atoms with Crippen molar-refractivity contribution in [2.45, 2.75) is 25.5 Å². The molecule has 0 aromatic heterocycles. The molecule has 0 bridgehead atoms. The zero-order chi connectivity index (χ0) is 13.8. The Kier molecular flexibility index (Phi) is 4.06. The minimum atomic E-state index is -1.21. The number of halogens is 1. The first-order valence-electron chi connectivity index (χ1n) is 5.99. The molecule has 6 nitrogen and oxygen atoms in total. The fourth-order valence-electron chi connectivity index (χ4n) is 1.98. The Hall–Kier alpha value is -2.02. The molecule has 0 amide bonds. The normalized spacial score (nSPS) is 18.9. The predicted octanol–water partition coefficient (Wildman–Crippen LogP) is 2.83. The second-order valence-electron chi connectivity index (χ2n) is 4.30. The number of nitrogens with one attached hydrogen (secondary N) is 2. The third kappa shape index (κ3) is 3.25. The average molecular weight is 267 g/mol. The van der Waals surface area contributed by atoms with E-state index < -0.39 is 10.9 Å². The highest BCUT2D eigenvalue weighted by molar-refractivity contribution is 5.97. The molecule has 7 heteroatoms. The molecule has 1 atom stereocenters. The smallest absolute Gasteiger partial charge is 0.270 e. The van der Waals surface area contributed by atoms with E-state index in [0.717, 1.165) is 25.3 Å². The number of hydrogen-bond donors (Lipinski definition) is 2. The summed E-state index contributed by atoms with van der Waals surface area (Å²) in [6, 6.07) is 3.73. The maximum absolute atomic E-state index is 13.2. The summed E-state index contributed by atoms with van der Waals surface area (Å²) >= 11 is 0. The van der Waals surface area contributed by atoms with Gasteiger partial charge in [0.1, 0.15) is 6.23 Å². The van der Waals surface area contributed by atoms with Crippen LogP contribution in [0.25, 0.3) is 0 Å². The monoisotopic (exact) mass is 267 g/mol. The van der Waals surface area contributed by atoms with E-state index in [9.17, 15) is 14.5 Å². The second-order valence-corrected chi connectivity index (χ2v) is 4.30. The van der Waals surface area contributed by atoms with Crippen LogP contribution in [0.2, 0.25) is 0 Å². The van der Waals surface area contributed by atoms with E-state index in [-0.39, 0.29) is 17.5 Å². The molecule has 0 radical (unpaired) electrons. The Labute approximate surface area is 109 Å². The van der Waals surface area contributed by atoms with E-state index in [0.29, 0.717) is 12.3 Å². The maximum atomic E-state index is 13.2. The molecule has 19 heavy (non-hydrogen) atoms. The van der Waals surface area contributed by atoms with Gasteiger partial charge in [0, 0.05) is 24.4 Å². The molecule has 0 saturated carbocycles. The van der Waals surface area contributed by atoms with Gasteiger partial charge in [0.25, 0.3) is 5.69 Å². The fraction of sp³-hybridized carbons (Fsp3) is 0.417. The maximum Gasteiger partial charge on any atom is 0.270 e. The first-order valence-corrected chi connectivity index (χ1v) is 5.99. The van der Waals surface area contributed by atoms with Crippen LogP contribution >= 0.6 is 0 Å². The number of hydrogen-bond acceptors (Lipinski definition) is 5. The number of ether oxygens (including phenoxy) is 1. The second kappa shape index (κ2) is 5.75. The zero-order valence-electron chi connectivity index (χ0n) is 10.2. The molecule has 0 spiro atoms. The van der Waals surface area contributed by atoms with Crippen LogP contribution in [0.15, 0.2) is 18.2 Å². The Morgan fingerprint density at radius 2 is 2.32 bits per heavy atom. The quantitative estimate of drug-likeness (QED) is 0.498. The summed E-state index contributed by atoms with van der Waals surface area (Å²) in [6.45, 7) is 0.632. The topological polar surface area (TPSA) is 88.2 Å². The molecule has 1 aliphatic heterocycles. The molecule has 1 fully saturated rings. The van der Waals surface area contributed by atoms with Crippen LogP contribution in [-0.2, 0) is 4.74 Å². The molecule has 1 aliphatic rings. The Bertz CT molecular complexity index is 501. The molecule has 0 aliphatic carbocycles. The van der Waals surface area contributed by atoms with Crippen molar-refractivity contribution in [3.63, 3.8) is 0 Å². The molecule has 1 heterocycles. The molecule has 2 rings (SSSR count). The summed E-state index contributed by atoms with van der Waals surface area (Å²) in [5.41, 5.74) is -0.0270. The van der Waals surface area contributed by atoms with Gasteiger partial charge in [0.15, 0.2) is 0 Å². The number of rotatable bonds is 4. The highest BCUT2D eigenvalue weighted by Gasteiger charge is 2.18. The SMILES string of the molecule is N=C(F)c1cc([N+](=O)[O-])ccc1NC1CCCCO1. The number of anilines is 1. The van der Waals surface area contributed by atoms with Gasteiger partial charge in [-0.1, -0.05) is 0 Å².